The van der Waals surface area contributed by atoms with Crippen molar-refractivity contribution in [1.29, 1.82) is 0 Å². The lowest BCUT2D eigenvalue weighted by Gasteiger charge is -2.23. The third-order valence-electron chi connectivity index (χ3n) is 4.33. The van der Waals surface area contributed by atoms with Gasteiger partial charge in [0.1, 0.15) is 32.0 Å². The van der Waals surface area contributed by atoms with Gasteiger partial charge in [-0.1, -0.05) is 32.9 Å². The van der Waals surface area contributed by atoms with Crippen molar-refractivity contribution in [3.63, 3.8) is 0 Å². The number of hydrogen-bond donors (Lipinski definition) is 1. The third-order valence-corrected chi connectivity index (χ3v) is 4.33. The first kappa shape index (κ1) is 18.2. The van der Waals surface area contributed by atoms with Gasteiger partial charge in [0.2, 0.25) is 0 Å². The van der Waals surface area contributed by atoms with Gasteiger partial charge in [0.25, 0.3) is 0 Å². The van der Waals surface area contributed by atoms with Crippen LogP contribution in [0.4, 0.5) is 0 Å². The summed E-state index contributed by atoms with van der Waals surface area (Å²) < 4.78 is 16.9. The summed E-state index contributed by atoms with van der Waals surface area (Å²) in [5, 5.41) is 0. The van der Waals surface area contributed by atoms with Crippen LogP contribution in [0.1, 0.15) is 31.9 Å². The van der Waals surface area contributed by atoms with Crippen LogP contribution in [0.5, 0.6) is 5.75 Å². The smallest absolute Gasteiger partial charge is 0.122 e. The molecule has 0 bridgehead atoms. The molecule has 1 fully saturated rings. The van der Waals surface area contributed by atoms with Crippen molar-refractivity contribution >= 4 is 0 Å². The van der Waals surface area contributed by atoms with Crippen LogP contribution in [0, 0.1) is 6.92 Å². The zero-order valence-corrected chi connectivity index (χ0v) is 15.1. The molecule has 1 aromatic carbocycles. The second-order valence-corrected chi connectivity index (χ2v) is 7.30. The molecular weight excluding hydrogens is 290 g/mol. The minimum absolute atomic E-state index is 0.175. The van der Waals surface area contributed by atoms with Gasteiger partial charge in [-0.25, -0.2) is 0 Å². The van der Waals surface area contributed by atoms with E-state index in [0.29, 0.717) is 13.2 Å². The lowest BCUT2D eigenvalue weighted by Crippen LogP contribution is -3.14. The summed E-state index contributed by atoms with van der Waals surface area (Å²) in [4.78, 5) is 1.57. The third kappa shape index (κ3) is 6.13. The van der Waals surface area contributed by atoms with Crippen molar-refractivity contribution in [2.24, 2.45) is 0 Å². The molecule has 1 heterocycles. The number of rotatable bonds is 7. The Balaban J connectivity index is 1.64. The highest BCUT2D eigenvalue weighted by molar-refractivity contribution is 5.38. The molecule has 0 atom stereocenters. The standard InChI is InChI=1S/C19H31NO3/c1-16-15-17(19(2,3)4)5-6-18(16)23-14-13-22-12-9-20-7-10-21-11-8-20/h5-6,15H,7-14H2,1-4H3/p+1. The predicted molar refractivity (Wildman–Crippen MR) is 92.6 cm³/mol. The Morgan fingerprint density at radius 1 is 1.09 bits per heavy atom. The second kappa shape index (κ2) is 8.67. The van der Waals surface area contributed by atoms with Crippen LogP contribution in [0.2, 0.25) is 0 Å². The van der Waals surface area contributed by atoms with E-state index >= 15 is 0 Å². The highest BCUT2D eigenvalue weighted by atomic mass is 16.5. The monoisotopic (exact) mass is 322 g/mol. The molecule has 0 radical (unpaired) electrons. The minimum atomic E-state index is 0.175. The Kier molecular flexibility index (Phi) is 6.88. The van der Waals surface area contributed by atoms with E-state index < -0.39 is 0 Å². The second-order valence-electron chi connectivity index (χ2n) is 7.30. The number of hydrogen-bond acceptors (Lipinski definition) is 3. The summed E-state index contributed by atoms with van der Waals surface area (Å²) in [6.45, 7) is 15.8. The van der Waals surface area contributed by atoms with Crippen LogP contribution < -0.4 is 9.64 Å². The van der Waals surface area contributed by atoms with Crippen molar-refractivity contribution in [3.05, 3.63) is 29.3 Å². The van der Waals surface area contributed by atoms with Crippen molar-refractivity contribution in [3.8, 4) is 5.75 Å². The van der Waals surface area contributed by atoms with E-state index in [4.69, 9.17) is 14.2 Å². The molecule has 0 amide bonds. The van der Waals surface area contributed by atoms with Crippen LogP contribution >= 0.6 is 0 Å². The van der Waals surface area contributed by atoms with Crippen LogP contribution in [0.25, 0.3) is 0 Å². The van der Waals surface area contributed by atoms with E-state index in [2.05, 4.69) is 45.9 Å². The SMILES string of the molecule is Cc1cc(C(C)(C)C)ccc1OCCOCC[NH+]1CCOCC1. The molecule has 1 N–H and O–H groups in total. The van der Waals surface area contributed by atoms with Gasteiger partial charge in [-0.15, -0.1) is 0 Å². The molecule has 1 aliphatic rings. The summed E-state index contributed by atoms with van der Waals surface area (Å²) in [5.41, 5.74) is 2.70. The molecular formula is C19H32NO3+. The van der Waals surface area contributed by atoms with E-state index in [1.54, 1.807) is 4.90 Å². The molecule has 23 heavy (non-hydrogen) atoms. The van der Waals surface area contributed by atoms with E-state index in [9.17, 15) is 0 Å². The fraction of sp³-hybridized carbons (Fsp3) is 0.684. The first-order valence-electron chi connectivity index (χ1n) is 8.70. The number of ether oxygens (including phenoxy) is 3. The molecule has 0 spiro atoms. The van der Waals surface area contributed by atoms with Gasteiger partial charge in [0, 0.05) is 0 Å². The van der Waals surface area contributed by atoms with Gasteiger partial charge >= 0.3 is 0 Å². The largest absolute Gasteiger partial charge is 0.491 e. The highest BCUT2D eigenvalue weighted by Crippen LogP contribution is 2.27. The maximum absolute atomic E-state index is 5.84. The fourth-order valence-corrected chi connectivity index (χ4v) is 2.72. The van der Waals surface area contributed by atoms with Crippen LogP contribution in [-0.2, 0) is 14.9 Å². The molecule has 0 saturated carbocycles. The number of morpholine rings is 1. The van der Waals surface area contributed by atoms with Crippen LogP contribution in [0.3, 0.4) is 0 Å². The average molecular weight is 322 g/mol. The van der Waals surface area contributed by atoms with Crippen LogP contribution in [0.15, 0.2) is 18.2 Å². The van der Waals surface area contributed by atoms with Gasteiger partial charge in [-0.3, -0.25) is 0 Å². The van der Waals surface area contributed by atoms with E-state index in [0.717, 1.165) is 45.2 Å². The zero-order valence-electron chi connectivity index (χ0n) is 15.1. The maximum atomic E-state index is 5.84. The molecule has 4 nitrogen and oxygen atoms in total. The summed E-state index contributed by atoms with van der Waals surface area (Å²) in [6, 6.07) is 6.46. The minimum Gasteiger partial charge on any atom is -0.491 e. The predicted octanol–water partition coefficient (Wildman–Crippen LogP) is 1.60. The van der Waals surface area contributed by atoms with E-state index in [-0.39, 0.29) is 5.41 Å². The van der Waals surface area contributed by atoms with E-state index in [1.807, 2.05) is 0 Å². The highest BCUT2D eigenvalue weighted by Gasteiger charge is 2.15. The molecule has 130 valence electrons. The Hall–Kier alpha value is -1.10. The number of quaternary nitrogens is 1. The summed E-state index contributed by atoms with van der Waals surface area (Å²) in [6.07, 6.45) is 0. The number of benzene rings is 1. The topological polar surface area (TPSA) is 32.1 Å². The lowest BCUT2D eigenvalue weighted by atomic mass is 9.86. The fourth-order valence-electron chi connectivity index (χ4n) is 2.72. The molecule has 0 aliphatic carbocycles. The molecule has 2 rings (SSSR count). The normalized spacial score (nSPS) is 16.5. The lowest BCUT2D eigenvalue weighted by molar-refractivity contribution is -0.908. The molecule has 1 saturated heterocycles. The van der Waals surface area contributed by atoms with E-state index in [1.165, 1.54) is 11.1 Å². The Morgan fingerprint density at radius 2 is 1.83 bits per heavy atom. The van der Waals surface area contributed by atoms with Gasteiger partial charge in [-0.05, 0) is 29.5 Å². The summed E-state index contributed by atoms with van der Waals surface area (Å²) in [7, 11) is 0. The Morgan fingerprint density at radius 3 is 2.48 bits per heavy atom. The molecule has 0 unspecified atom stereocenters. The van der Waals surface area contributed by atoms with Crippen molar-refractivity contribution < 1.29 is 19.1 Å². The summed E-state index contributed by atoms with van der Waals surface area (Å²) in [5.74, 6) is 0.959. The quantitative estimate of drug-likeness (QED) is 0.774. The van der Waals surface area contributed by atoms with Gasteiger partial charge in [0.15, 0.2) is 0 Å². The molecule has 4 heteroatoms. The number of aryl methyl sites for hydroxylation is 1. The van der Waals surface area contributed by atoms with Crippen molar-refractivity contribution in [1.82, 2.24) is 0 Å². The van der Waals surface area contributed by atoms with Crippen molar-refractivity contribution in [2.45, 2.75) is 33.1 Å². The molecule has 1 aliphatic heterocycles. The zero-order chi connectivity index (χ0) is 16.7. The Bertz CT molecular complexity index is 476. The summed E-state index contributed by atoms with van der Waals surface area (Å²) >= 11 is 0. The first-order chi connectivity index (χ1) is 11.0. The van der Waals surface area contributed by atoms with Crippen molar-refractivity contribution in [2.75, 3.05) is 52.7 Å². The average Bonchev–Trinajstić information content (AvgIpc) is 2.52. The maximum Gasteiger partial charge on any atom is 0.122 e. The molecule has 0 aromatic heterocycles. The van der Waals surface area contributed by atoms with Gasteiger partial charge < -0.3 is 19.1 Å². The van der Waals surface area contributed by atoms with Gasteiger partial charge in [-0.2, -0.15) is 0 Å². The van der Waals surface area contributed by atoms with Gasteiger partial charge in [0.05, 0.1) is 26.4 Å². The Labute approximate surface area is 140 Å². The number of nitrogens with one attached hydrogen (secondary N) is 1. The molecule has 1 aromatic rings. The van der Waals surface area contributed by atoms with Crippen LogP contribution in [-0.4, -0.2) is 52.7 Å². The first-order valence-corrected chi connectivity index (χ1v) is 8.70.